The summed E-state index contributed by atoms with van der Waals surface area (Å²) in [6.07, 6.45) is 2.70. The summed E-state index contributed by atoms with van der Waals surface area (Å²) in [5.41, 5.74) is -0.937. The van der Waals surface area contributed by atoms with E-state index in [-0.39, 0.29) is 5.56 Å². The van der Waals surface area contributed by atoms with Gasteiger partial charge in [0.25, 0.3) is 0 Å². The van der Waals surface area contributed by atoms with E-state index in [4.69, 9.17) is 0 Å². The summed E-state index contributed by atoms with van der Waals surface area (Å²) in [6.45, 7) is 2.11. The molecule has 1 saturated carbocycles. The van der Waals surface area contributed by atoms with Crippen molar-refractivity contribution in [1.82, 2.24) is 0 Å². The van der Waals surface area contributed by atoms with E-state index in [0.29, 0.717) is 18.8 Å². The molecule has 0 radical (unpaired) electrons. The van der Waals surface area contributed by atoms with Gasteiger partial charge in [0.05, 0.1) is 11.5 Å². The second-order valence-corrected chi connectivity index (χ2v) is 5.69. The summed E-state index contributed by atoms with van der Waals surface area (Å²) in [5.74, 6) is -0.898. The molecule has 4 heteroatoms. The standard InChI is InChI=1S/C16H19F2NO/c1-2-11-5-7-16(10-19,8-6-11)15(20)13-4-3-12(17)9-14(13)18/h3-4,9,11,15,20H,2,5-8H2,1H3. The van der Waals surface area contributed by atoms with E-state index in [9.17, 15) is 19.1 Å². The SMILES string of the molecule is CCC1CCC(C#N)(C(O)c2ccc(F)cc2F)CC1. The van der Waals surface area contributed by atoms with Crippen molar-refractivity contribution in [2.45, 2.75) is 45.1 Å². The summed E-state index contributed by atoms with van der Waals surface area (Å²) in [5, 5.41) is 19.9. The fourth-order valence-corrected chi connectivity index (χ4v) is 3.07. The highest BCUT2D eigenvalue weighted by Gasteiger charge is 2.43. The highest BCUT2D eigenvalue weighted by molar-refractivity contribution is 5.25. The maximum absolute atomic E-state index is 13.8. The minimum absolute atomic E-state index is 0.0166. The van der Waals surface area contributed by atoms with Crippen LogP contribution < -0.4 is 0 Å². The van der Waals surface area contributed by atoms with E-state index in [2.05, 4.69) is 13.0 Å². The van der Waals surface area contributed by atoms with Crippen LogP contribution in [0.3, 0.4) is 0 Å². The Morgan fingerprint density at radius 1 is 1.40 bits per heavy atom. The van der Waals surface area contributed by atoms with Crippen LogP contribution in [0.1, 0.15) is 50.7 Å². The van der Waals surface area contributed by atoms with E-state index >= 15 is 0 Å². The maximum atomic E-state index is 13.8. The molecule has 1 aromatic carbocycles. The molecule has 1 fully saturated rings. The van der Waals surface area contributed by atoms with Gasteiger partial charge in [0.15, 0.2) is 0 Å². The highest BCUT2D eigenvalue weighted by Crippen LogP contribution is 2.48. The number of benzene rings is 1. The molecule has 1 unspecified atom stereocenters. The Kier molecular flexibility index (Phi) is 4.39. The first-order chi connectivity index (χ1) is 9.52. The van der Waals surface area contributed by atoms with E-state index in [1.165, 1.54) is 6.07 Å². The van der Waals surface area contributed by atoms with Gasteiger partial charge in [-0.15, -0.1) is 0 Å². The van der Waals surface area contributed by atoms with Crippen molar-refractivity contribution >= 4 is 0 Å². The van der Waals surface area contributed by atoms with E-state index in [1.54, 1.807) is 0 Å². The molecular formula is C16H19F2NO. The molecule has 0 aliphatic heterocycles. The Labute approximate surface area is 118 Å². The van der Waals surface area contributed by atoms with Gasteiger partial charge < -0.3 is 5.11 Å². The van der Waals surface area contributed by atoms with Gasteiger partial charge in [-0.3, -0.25) is 0 Å². The van der Waals surface area contributed by atoms with Crippen LogP contribution in [0.2, 0.25) is 0 Å². The van der Waals surface area contributed by atoms with Crippen LogP contribution in [0.4, 0.5) is 8.78 Å². The predicted octanol–water partition coefficient (Wildman–Crippen LogP) is 4.11. The largest absolute Gasteiger partial charge is 0.387 e. The summed E-state index contributed by atoms with van der Waals surface area (Å²) in [4.78, 5) is 0. The van der Waals surface area contributed by atoms with Crippen LogP contribution in [-0.4, -0.2) is 5.11 Å². The monoisotopic (exact) mass is 279 g/mol. The lowest BCUT2D eigenvalue weighted by molar-refractivity contribution is 0.0218. The Hall–Kier alpha value is -1.47. The molecule has 1 atom stereocenters. The number of rotatable bonds is 3. The molecule has 1 aliphatic carbocycles. The fourth-order valence-electron chi connectivity index (χ4n) is 3.07. The van der Waals surface area contributed by atoms with Crippen LogP contribution in [-0.2, 0) is 0 Å². The van der Waals surface area contributed by atoms with Gasteiger partial charge >= 0.3 is 0 Å². The first kappa shape index (κ1) is 14.9. The lowest BCUT2D eigenvalue weighted by Gasteiger charge is -2.38. The Morgan fingerprint density at radius 3 is 2.55 bits per heavy atom. The van der Waals surface area contributed by atoms with Crippen molar-refractivity contribution < 1.29 is 13.9 Å². The third-order valence-electron chi connectivity index (χ3n) is 4.58. The Bertz CT molecular complexity index is 516. The zero-order valence-corrected chi connectivity index (χ0v) is 11.6. The van der Waals surface area contributed by atoms with Gasteiger partial charge in [0, 0.05) is 11.6 Å². The molecule has 1 aliphatic rings. The number of aliphatic hydroxyl groups is 1. The minimum atomic E-state index is -1.20. The normalized spacial score (nSPS) is 27.9. The Balaban J connectivity index is 2.26. The van der Waals surface area contributed by atoms with E-state index < -0.39 is 23.2 Å². The van der Waals surface area contributed by atoms with E-state index in [1.807, 2.05) is 0 Å². The topological polar surface area (TPSA) is 44.0 Å². The lowest BCUT2D eigenvalue weighted by Crippen LogP contribution is -2.33. The van der Waals surface area contributed by atoms with Crippen molar-refractivity contribution in [2.24, 2.45) is 11.3 Å². The minimum Gasteiger partial charge on any atom is -0.387 e. The second kappa shape index (κ2) is 5.88. The number of hydrogen-bond acceptors (Lipinski definition) is 2. The number of hydrogen-bond donors (Lipinski definition) is 1. The lowest BCUT2D eigenvalue weighted by atomic mass is 9.66. The molecule has 0 amide bonds. The first-order valence-electron chi connectivity index (χ1n) is 7.06. The fraction of sp³-hybridized carbons (Fsp3) is 0.562. The molecule has 0 heterocycles. The summed E-state index contributed by atoms with van der Waals surface area (Å²) in [6, 6.07) is 5.29. The molecule has 0 saturated heterocycles. The van der Waals surface area contributed by atoms with Gasteiger partial charge in [-0.05, 0) is 37.7 Å². The van der Waals surface area contributed by atoms with Crippen molar-refractivity contribution in [3.63, 3.8) is 0 Å². The number of nitriles is 1. The second-order valence-electron chi connectivity index (χ2n) is 5.69. The van der Waals surface area contributed by atoms with E-state index in [0.717, 1.165) is 31.4 Å². The van der Waals surface area contributed by atoms with Crippen molar-refractivity contribution in [1.29, 1.82) is 5.26 Å². The zero-order valence-electron chi connectivity index (χ0n) is 11.6. The van der Waals surface area contributed by atoms with Crippen LogP contribution in [0.5, 0.6) is 0 Å². The molecule has 108 valence electrons. The summed E-state index contributed by atoms with van der Waals surface area (Å²) in [7, 11) is 0. The smallest absolute Gasteiger partial charge is 0.131 e. The predicted molar refractivity (Wildman–Crippen MR) is 71.6 cm³/mol. The molecule has 0 bridgehead atoms. The van der Waals surface area contributed by atoms with Crippen LogP contribution in [0.25, 0.3) is 0 Å². The average Bonchev–Trinajstić information content (AvgIpc) is 2.46. The van der Waals surface area contributed by atoms with Crippen molar-refractivity contribution in [3.05, 3.63) is 35.4 Å². The van der Waals surface area contributed by atoms with Crippen molar-refractivity contribution in [2.75, 3.05) is 0 Å². The Morgan fingerprint density at radius 2 is 2.05 bits per heavy atom. The molecule has 0 aromatic heterocycles. The molecule has 2 rings (SSSR count). The average molecular weight is 279 g/mol. The highest BCUT2D eigenvalue weighted by atomic mass is 19.1. The van der Waals surface area contributed by atoms with Crippen LogP contribution in [0.15, 0.2) is 18.2 Å². The number of aliphatic hydroxyl groups excluding tert-OH is 1. The quantitative estimate of drug-likeness (QED) is 0.905. The molecule has 20 heavy (non-hydrogen) atoms. The number of halogens is 2. The van der Waals surface area contributed by atoms with Gasteiger partial charge in [0.2, 0.25) is 0 Å². The molecule has 2 nitrogen and oxygen atoms in total. The van der Waals surface area contributed by atoms with Gasteiger partial charge in [-0.2, -0.15) is 5.26 Å². The van der Waals surface area contributed by atoms with Crippen LogP contribution >= 0.6 is 0 Å². The summed E-state index contributed by atoms with van der Waals surface area (Å²) >= 11 is 0. The molecular weight excluding hydrogens is 260 g/mol. The number of nitrogens with zero attached hydrogens (tertiary/aromatic N) is 1. The third-order valence-corrected chi connectivity index (χ3v) is 4.58. The van der Waals surface area contributed by atoms with Crippen molar-refractivity contribution in [3.8, 4) is 6.07 Å². The maximum Gasteiger partial charge on any atom is 0.131 e. The van der Waals surface area contributed by atoms with Gasteiger partial charge in [-0.1, -0.05) is 19.4 Å². The summed E-state index contributed by atoms with van der Waals surface area (Å²) < 4.78 is 26.7. The van der Waals surface area contributed by atoms with Gasteiger partial charge in [0.1, 0.15) is 17.7 Å². The zero-order chi connectivity index (χ0) is 14.8. The first-order valence-corrected chi connectivity index (χ1v) is 7.06. The van der Waals surface area contributed by atoms with Crippen LogP contribution in [0, 0.1) is 34.3 Å². The van der Waals surface area contributed by atoms with Gasteiger partial charge in [-0.25, -0.2) is 8.78 Å². The third kappa shape index (κ3) is 2.69. The molecule has 1 aromatic rings. The molecule has 1 N–H and O–H groups in total. The molecule has 0 spiro atoms.